The first kappa shape index (κ1) is 11.6. The second-order valence-corrected chi connectivity index (χ2v) is 3.33. The maximum absolute atomic E-state index is 11.0. The van der Waals surface area contributed by atoms with Crippen LogP contribution in [0, 0.1) is 0 Å². The Morgan fingerprint density at radius 2 is 2.17 bits per heavy atom. The molecule has 8 nitrogen and oxygen atoms in total. The van der Waals surface area contributed by atoms with Crippen molar-refractivity contribution in [3.8, 4) is 5.69 Å². The van der Waals surface area contributed by atoms with Crippen LogP contribution in [0.4, 0.5) is 0 Å². The van der Waals surface area contributed by atoms with Crippen LogP contribution in [0.1, 0.15) is 16.2 Å². The molecule has 1 aromatic carbocycles. The maximum atomic E-state index is 11.0. The Labute approximate surface area is 101 Å². The van der Waals surface area contributed by atoms with E-state index in [1.54, 1.807) is 24.3 Å². The van der Waals surface area contributed by atoms with Crippen LogP contribution in [0.15, 0.2) is 35.4 Å². The molecular formula is C10H8N6O2. The minimum Gasteiger partial charge on any atom is -0.476 e. The Kier molecular flexibility index (Phi) is 3.22. The van der Waals surface area contributed by atoms with E-state index in [1.807, 2.05) is 6.07 Å². The van der Waals surface area contributed by atoms with Gasteiger partial charge in [-0.25, -0.2) is 9.48 Å². The molecule has 0 aliphatic carbocycles. The van der Waals surface area contributed by atoms with Crippen molar-refractivity contribution in [2.45, 2.75) is 6.54 Å². The number of hydrogen-bond donors (Lipinski definition) is 1. The van der Waals surface area contributed by atoms with E-state index >= 15 is 0 Å². The average Bonchev–Trinajstić information content (AvgIpc) is 2.81. The number of benzene rings is 1. The molecule has 0 unspecified atom stereocenters. The quantitative estimate of drug-likeness (QED) is 0.501. The zero-order valence-corrected chi connectivity index (χ0v) is 9.13. The van der Waals surface area contributed by atoms with E-state index in [1.165, 1.54) is 4.68 Å². The lowest BCUT2D eigenvalue weighted by Gasteiger charge is -2.03. The molecule has 0 bridgehead atoms. The fourth-order valence-electron chi connectivity index (χ4n) is 1.48. The molecule has 0 saturated heterocycles. The van der Waals surface area contributed by atoms with Crippen molar-refractivity contribution >= 4 is 5.97 Å². The SMILES string of the molecule is [N-]=[N+]=NCc1c(C(=O)O)nnn1-c1ccccc1. The van der Waals surface area contributed by atoms with Gasteiger partial charge in [0.05, 0.1) is 17.9 Å². The number of aromatic nitrogens is 3. The van der Waals surface area contributed by atoms with E-state index in [4.69, 9.17) is 10.6 Å². The highest BCUT2D eigenvalue weighted by Gasteiger charge is 2.18. The van der Waals surface area contributed by atoms with Gasteiger partial charge in [-0.05, 0) is 17.7 Å². The molecule has 0 aliphatic heterocycles. The molecular weight excluding hydrogens is 236 g/mol. The summed E-state index contributed by atoms with van der Waals surface area (Å²) in [7, 11) is 0. The molecule has 0 aliphatic rings. The number of azide groups is 1. The first-order valence-electron chi connectivity index (χ1n) is 4.98. The van der Waals surface area contributed by atoms with Crippen LogP contribution in [0.3, 0.4) is 0 Å². The lowest BCUT2D eigenvalue weighted by atomic mass is 10.3. The maximum Gasteiger partial charge on any atom is 0.358 e. The highest BCUT2D eigenvalue weighted by Crippen LogP contribution is 2.14. The third kappa shape index (κ3) is 2.13. The summed E-state index contributed by atoms with van der Waals surface area (Å²) < 4.78 is 1.35. The highest BCUT2D eigenvalue weighted by atomic mass is 16.4. The van der Waals surface area contributed by atoms with E-state index in [-0.39, 0.29) is 17.9 Å². The van der Waals surface area contributed by atoms with Crippen molar-refractivity contribution in [2.24, 2.45) is 5.11 Å². The molecule has 90 valence electrons. The van der Waals surface area contributed by atoms with Crippen molar-refractivity contribution in [1.82, 2.24) is 15.0 Å². The molecule has 0 spiro atoms. The zero-order valence-electron chi connectivity index (χ0n) is 9.13. The van der Waals surface area contributed by atoms with Crippen molar-refractivity contribution < 1.29 is 9.90 Å². The minimum atomic E-state index is -1.21. The van der Waals surface area contributed by atoms with Crippen LogP contribution in [-0.2, 0) is 6.54 Å². The first-order valence-corrected chi connectivity index (χ1v) is 4.98. The van der Waals surface area contributed by atoms with E-state index < -0.39 is 5.97 Å². The number of hydrogen-bond acceptors (Lipinski definition) is 4. The molecule has 1 heterocycles. The van der Waals surface area contributed by atoms with Gasteiger partial charge in [0.25, 0.3) is 0 Å². The van der Waals surface area contributed by atoms with Gasteiger partial charge in [-0.15, -0.1) is 5.10 Å². The van der Waals surface area contributed by atoms with Crippen LogP contribution in [0.5, 0.6) is 0 Å². The van der Waals surface area contributed by atoms with Crippen molar-refractivity contribution in [3.05, 3.63) is 52.2 Å². The molecule has 18 heavy (non-hydrogen) atoms. The van der Waals surface area contributed by atoms with Gasteiger partial charge < -0.3 is 5.11 Å². The summed E-state index contributed by atoms with van der Waals surface area (Å²) >= 11 is 0. The predicted molar refractivity (Wildman–Crippen MR) is 61.2 cm³/mol. The normalized spacial score (nSPS) is 9.78. The van der Waals surface area contributed by atoms with Gasteiger partial charge >= 0.3 is 5.97 Å². The number of para-hydroxylation sites is 1. The Bertz CT molecular complexity index is 615. The third-order valence-electron chi connectivity index (χ3n) is 2.25. The summed E-state index contributed by atoms with van der Waals surface area (Å²) in [6.45, 7) is -0.125. The first-order chi connectivity index (χ1) is 8.74. The van der Waals surface area contributed by atoms with Crippen molar-refractivity contribution in [3.63, 3.8) is 0 Å². The number of aromatic carboxylic acids is 1. The second-order valence-electron chi connectivity index (χ2n) is 3.33. The topological polar surface area (TPSA) is 117 Å². The summed E-state index contributed by atoms with van der Waals surface area (Å²) in [5.74, 6) is -1.21. The van der Waals surface area contributed by atoms with Gasteiger partial charge in [0.1, 0.15) is 0 Å². The average molecular weight is 244 g/mol. The number of nitrogens with zero attached hydrogens (tertiary/aromatic N) is 6. The molecule has 1 aromatic heterocycles. The zero-order chi connectivity index (χ0) is 13.0. The van der Waals surface area contributed by atoms with Crippen molar-refractivity contribution in [2.75, 3.05) is 0 Å². The second kappa shape index (κ2) is 4.98. The Hall–Kier alpha value is -2.86. The largest absolute Gasteiger partial charge is 0.476 e. The summed E-state index contributed by atoms with van der Waals surface area (Å²) in [4.78, 5) is 13.6. The van der Waals surface area contributed by atoms with Crippen LogP contribution in [0.25, 0.3) is 16.1 Å². The van der Waals surface area contributed by atoms with Gasteiger partial charge in [-0.2, -0.15) is 0 Å². The number of carboxylic acids is 1. The Morgan fingerprint density at radius 1 is 1.44 bits per heavy atom. The monoisotopic (exact) mass is 244 g/mol. The predicted octanol–water partition coefficient (Wildman–Crippen LogP) is 1.78. The Balaban J connectivity index is 2.54. The van der Waals surface area contributed by atoms with Crippen LogP contribution >= 0.6 is 0 Å². The van der Waals surface area contributed by atoms with Gasteiger partial charge in [0, 0.05) is 4.91 Å². The van der Waals surface area contributed by atoms with Crippen LogP contribution < -0.4 is 0 Å². The fourth-order valence-corrected chi connectivity index (χ4v) is 1.48. The molecule has 0 saturated carbocycles. The molecule has 0 fully saturated rings. The number of carboxylic acid groups (broad SMARTS) is 1. The lowest BCUT2D eigenvalue weighted by molar-refractivity contribution is 0.0689. The van der Waals surface area contributed by atoms with E-state index in [9.17, 15) is 4.79 Å². The number of rotatable bonds is 4. The minimum absolute atomic E-state index is 0.125. The molecule has 2 aromatic rings. The fraction of sp³-hybridized carbons (Fsp3) is 0.100. The standard InChI is InChI=1S/C10H8N6O2/c11-14-12-6-8-9(10(17)18)13-15-16(8)7-4-2-1-3-5-7/h1-5H,6H2,(H,17,18). The van der Waals surface area contributed by atoms with Crippen LogP contribution in [-0.4, -0.2) is 26.1 Å². The molecule has 0 atom stereocenters. The summed E-state index contributed by atoms with van der Waals surface area (Å²) in [5, 5.41) is 19.7. The lowest BCUT2D eigenvalue weighted by Crippen LogP contribution is -2.05. The summed E-state index contributed by atoms with van der Waals surface area (Å²) in [6.07, 6.45) is 0. The molecule has 1 N–H and O–H groups in total. The van der Waals surface area contributed by atoms with E-state index in [2.05, 4.69) is 20.3 Å². The summed E-state index contributed by atoms with van der Waals surface area (Å²) in [6, 6.07) is 8.90. The van der Waals surface area contributed by atoms with Gasteiger partial charge in [-0.3, -0.25) is 0 Å². The number of carbonyl (C=O) groups is 1. The molecule has 0 amide bonds. The van der Waals surface area contributed by atoms with Gasteiger partial charge in [0.15, 0.2) is 5.69 Å². The molecule has 8 heteroatoms. The highest BCUT2D eigenvalue weighted by molar-refractivity contribution is 5.86. The van der Waals surface area contributed by atoms with Gasteiger partial charge in [0.2, 0.25) is 0 Å². The summed E-state index contributed by atoms with van der Waals surface area (Å²) in [5.41, 5.74) is 9.00. The molecule has 0 radical (unpaired) electrons. The Morgan fingerprint density at radius 3 is 2.78 bits per heavy atom. The smallest absolute Gasteiger partial charge is 0.358 e. The van der Waals surface area contributed by atoms with Gasteiger partial charge in [-0.1, -0.05) is 28.5 Å². The van der Waals surface area contributed by atoms with Crippen LogP contribution in [0.2, 0.25) is 0 Å². The van der Waals surface area contributed by atoms with E-state index in [0.29, 0.717) is 5.69 Å². The third-order valence-corrected chi connectivity index (χ3v) is 2.25. The van der Waals surface area contributed by atoms with E-state index in [0.717, 1.165) is 0 Å². The molecule has 2 rings (SSSR count). The van der Waals surface area contributed by atoms with Crippen molar-refractivity contribution in [1.29, 1.82) is 0 Å².